The molecule has 9 nitrogen and oxygen atoms in total. The van der Waals surface area contributed by atoms with Crippen LogP contribution >= 0.6 is 0 Å². The van der Waals surface area contributed by atoms with E-state index in [0.29, 0.717) is 6.42 Å². The summed E-state index contributed by atoms with van der Waals surface area (Å²) in [4.78, 5) is 37.5. The third-order valence-corrected chi connectivity index (χ3v) is 3.10. The predicted octanol–water partition coefficient (Wildman–Crippen LogP) is 2.28. The molecule has 0 saturated heterocycles. The van der Waals surface area contributed by atoms with Crippen LogP contribution in [0, 0.1) is 5.92 Å². The number of amides is 3. The highest BCUT2D eigenvalue weighted by Gasteiger charge is 2.22. The van der Waals surface area contributed by atoms with Crippen molar-refractivity contribution in [3.63, 3.8) is 0 Å². The van der Waals surface area contributed by atoms with Gasteiger partial charge in [0.15, 0.2) is 0 Å². The number of hydrogen-bond donors (Lipinski definition) is 2. The molecule has 134 valence electrons. The predicted molar refractivity (Wildman–Crippen MR) is 90.2 cm³/mol. The van der Waals surface area contributed by atoms with Crippen LogP contribution in [0.2, 0.25) is 0 Å². The van der Waals surface area contributed by atoms with Crippen molar-refractivity contribution in [2.45, 2.75) is 32.9 Å². The Labute approximate surface area is 145 Å². The number of carbonyl (C=O) groups is 3. The van der Waals surface area contributed by atoms with Crippen LogP contribution in [0.5, 0.6) is 0 Å². The first-order valence-electron chi connectivity index (χ1n) is 7.75. The average Bonchev–Trinajstić information content (AvgIpc) is 2.58. The molecule has 3 amide bonds. The molecule has 0 spiro atoms. The van der Waals surface area contributed by atoms with Gasteiger partial charge in [0.2, 0.25) is 11.8 Å². The first-order chi connectivity index (χ1) is 11.9. The first kappa shape index (κ1) is 20.0. The summed E-state index contributed by atoms with van der Waals surface area (Å²) in [5.41, 5.74) is 8.98. The van der Waals surface area contributed by atoms with Crippen LogP contribution in [0.1, 0.15) is 25.8 Å². The lowest BCUT2D eigenvalue weighted by atomic mass is 10.0. The highest BCUT2D eigenvalue weighted by molar-refractivity contribution is 5.89. The van der Waals surface area contributed by atoms with Crippen LogP contribution in [0.4, 0.5) is 4.79 Å². The van der Waals surface area contributed by atoms with Gasteiger partial charge in [0.25, 0.3) is 0 Å². The van der Waals surface area contributed by atoms with Gasteiger partial charge in [-0.1, -0.05) is 44.2 Å². The summed E-state index contributed by atoms with van der Waals surface area (Å²) in [5, 5.41) is 7.67. The number of azide groups is 1. The fourth-order valence-electron chi connectivity index (χ4n) is 1.98. The van der Waals surface area contributed by atoms with Gasteiger partial charge in [0.1, 0.15) is 12.6 Å². The lowest BCUT2D eigenvalue weighted by Gasteiger charge is -2.19. The largest absolute Gasteiger partial charge is 0.445 e. The van der Waals surface area contributed by atoms with E-state index < -0.39 is 30.5 Å². The van der Waals surface area contributed by atoms with Gasteiger partial charge >= 0.3 is 6.09 Å². The molecule has 0 radical (unpaired) electrons. The average molecular weight is 347 g/mol. The Balaban J connectivity index is 2.55. The lowest BCUT2D eigenvalue weighted by molar-refractivity contribution is -0.126. The number of ether oxygens (including phenoxy) is 1. The molecule has 0 aliphatic rings. The zero-order valence-corrected chi connectivity index (χ0v) is 14.1. The fraction of sp³-hybridized carbons (Fsp3) is 0.438. The Hall–Kier alpha value is -3.06. The lowest BCUT2D eigenvalue weighted by Crippen LogP contribution is -2.48. The molecule has 2 N–H and O–H groups in total. The minimum absolute atomic E-state index is 0.0814. The number of benzene rings is 1. The van der Waals surface area contributed by atoms with Crippen LogP contribution in [0.3, 0.4) is 0 Å². The second-order valence-corrected chi connectivity index (χ2v) is 5.69. The fourth-order valence-corrected chi connectivity index (χ4v) is 1.98. The van der Waals surface area contributed by atoms with E-state index >= 15 is 0 Å². The van der Waals surface area contributed by atoms with Crippen molar-refractivity contribution in [3.05, 3.63) is 46.3 Å². The van der Waals surface area contributed by atoms with Crippen molar-refractivity contribution in [2.24, 2.45) is 11.0 Å². The molecule has 0 unspecified atom stereocenters. The maximum Gasteiger partial charge on any atom is 0.408 e. The van der Waals surface area contributed by atoms with Gasteiger partial charge in [0.05, 0.1) is 6.54 Å². The van der Waals surface area contributed by atoms with Crippen LogP contribution < -0.4 is 10.6 Å². The van der Waals surface area contributed by atoms with Crippen molar-refractivity contribution < 1.29 is 19.1 Å². The normalized spacial score (nSPS) is 11.2. The first-order valence-corrected chi connectivity index (χ1v) is 7.75. The molecule has 1 aromatic carbocycles. The third-order valence-electron chi connectivity index (χ3n) is 3.10. The van der Waals surface area contributed by atoms with Gasteiger partial charge in [-0.2, -0.15) is 0 Å². The second kappa shape index (κ2) is 10.7. The number of nitrogens with one attached hydrogen (secondary N) is 2. The molecule has 25 heavy (non-hydrogen) atoms. The molecule has 0 bridgehead atoms. The molecule has 9 heteroatoms. The van der Waals surface area contributed by atoms with E-state index in [1.807, 2.05) is 44.2 Å². The number of nitrogens with zero attached hydrogens (tertiary/aromatic N) is 3. The van der Waals surface area contributed by atoms with Gasteiger partial charge in [-0.05, 0) is 28.5 Å². The van der Waals surface area contributed by atoms with E-state index in [4.69, 9.17) is 10.3 Å². The summed E-state index contributed by atoms with van der Waals surface area (Å²) in [6.45, 7) is 3.43. The van der Waals surface area contributed by atoms with Gasteiger partial charge in [-0.15, -0.1) is 0 Å². The van der Waals surface area contributed by atoms with E-state index in [2.05, 4.69) is 20.7 Å². The summed E-state index contributed by atoms with van der Waals surface area (Å²) >= 11 is 0. The molecule has 0 aliphatic heterocycles. The maximum atomic E-state index is 12.1. The van der Waals surface area contributed by atoms with E-state index in [-0.39, 0.29) is 12.5 Å². The molecule has 1 atom stereocenters. The summed E-state index contributed by atoms with van der Waals surface area (Å²) < 4.78 is 5.09. The highest BCUT2D eigenvalue weighted by atomic mass is 16.5. The molecule has 0 aromatic heterocycles. The Morgan fingerprint density at radius 3 is 2.52 bits per heavy atom. The van der Waals surface area contributed by atoms with Crippen LogP contribution in [-0.2, 0) is 20.9 Å². The zero-order chi connectivity index (χ0) is 18.7. The van der Waals surface area contributed by atoms with E-state index in [1.54, 1.807) is 0 Å². The van der Waals surface area contributed by atoms with E-state index in [9.17, 15) is 14.4 Å². The summed E-state index contributed by atoms with van der Waals surface area (Å²) in [7, 11) is 0. The quantitative estimate of drug-likeness (QED) is 0.424. The maximum absolute atomic E-state index is 12.1. The Morgan fingerprint density at radius 2 is 1.92 bits per heavy atom. The molecule has 1 aromatic rings. The SMILES string of the molecule is CC(C)C[C@H](NC(=O)OCc1ccccc1)C(=O)NCC(=O)N=[N+]=[N-]. The smallest absolute Gasteiger partial charge is 0.408 e. The Morgan fingerprint density at radius 1 is 1.24 bits per heavy atom. The van der Waals surface area contributed by atoms with Gasteiger partial charge in [0, 0.05) is 4.91 Å². The standard InChI is InChI=1S/C16H21N5O4/c1-11(2)8-13(15(23)18-9-14(22)20-21-17)19-16(24)25-10-12-6-4-3-5-7-12/h3-7,11,13H,8-10H2,1-2H3,(H,18,23)(H,19,24)/t13-/m0/s1. The molecule has 0 fully saturated rings. The van der Waals surface area contributed by atoms with E-state index in [1.165, 1.54) is 0 Å². The van der Waals surface area contributed by atoms with Crippen LogP contribution in [-0.4, -0.2) is 30.5 Å². The Bertz CT molecular complexity index is 641. The molecule has 0 saturated carbocycles. The number of rotatable bonds is 8. The van der Waals surface area contributed by atoms with Crippen molar-refractivity contribution in [3.8, 4) is 0 Å². The van der Waals surface area contributed by atoms with Crippen molar-refractivity contribution in [1.82, 2.24) is 10.6 Å². The number of alkyl carbamates (subject to hydrolysis) is 1. The molecular formula is C16H21N5O4. The second-order valence-electron chi connectivity index (χ2n) is 5.69. The minimum atomic E-state index is -0.859. The van der Waals surface area contributed by atoms with E-state index in [0.717, 1.165) is 5.56 Å². The number of hydrogen-bond acceptors (Lipinski definition) is 4. The monoisotopic (exact) mass is 347 g/mol. The molecule has 1 rings (SSSR count). The summed E-state index contributed by atoms with van der Waals surface area (Å²) in [6, 6.07) is 8.27. The minimum Gasteiger partial charge on any atom is -0.445 e. The molecule has 0 aliphatic carbocycles. The van der Waals surface area contributed by atoms with Gasteiger partial charge in [-0.25, -0.2) is 4.79 Å². The van der Waals surface area contributed by atoms with Gasteiger partial charge in [-0.3, -0.25) is 9.59 Å². The highest BCUT2D eigenvalue weighted by Crippen LogP contribution is 2.06. The van der Waals surface area contributed by atoms with Crippen molar-refractivity contribution >= 4 is 17.9 Å². The van der Waals surface area contributed by atoms with Crippen LogP contribution in [0.25, 0.3) is 10.4 Å². The summed E-state index contributed by atoms with van der Waals surface area (Å²) in [5.74, 6) is -1.24. The van der Waals surface area contributed by atoms with Crippen molar-refractivity contribution in [1.29, 1.82) is 0 Å². The summed E-state index contributed by atoms with van der Waals surface area (Å²) in [6.07, 6.45) is -0.367. The number of carbonyl (C=O) groups excluding carboxylic acids is 3. The zero-order valence-electron chi connectivity index (χ0n) is 14.1. The topological polar surface area (TPSA) is 133 Å². The molecular weight excluding hydrogens is 326 g/mol. The van der Waals surface area contributed by atoms with Gasteiger partial charge < -0.3 is 15.4 Å². The van der Waals surface area contributed by atoms with Crippen molar-refractivity contribution in [2.75, 3.05) is 6.54 Å². The Kier molecular flexibility index (Phi) is 8.53. The third kappa shape index (κ3) is 8.38. The van der Waals surface area contributed by atoms with Crippen LogP contribution in [0.15, 0.2) is 35.4 Å². The molecule has 0 heterocycles.